The number of amides is 1. The van der Waals surface area contributed by atoms with E-state index >= 15 is 0 Å². The van der Waals surface area contributed by atoms with Gasteiger partial charge in [0.2, 0.25) is 0 Å². The van der Waals surface area contributed by atoms with E-state index in [1.165, 1.54) is 7.11 Å². The van der Waals surface area contributed by atoms with Crippen LogP contribution >= 0.6 is 0 Å². The van der Waals surface area contributed by atoms with E-state index in [1.807, 2.05) is 6.92 Å². The monoisotopic (exact) mass is 173 g/mol. The molecule has 1 amide bonds. The van der Waals surface area contributed by atoms with E-state index in [4.69, 9.17) is 0 Å². The van der Waals surface area contributed by atoms with Crippen LogP contribution in [0.15, 0.2) is 0 Å². The van der Waals surface area contributed by atoms with Crippen molar-refractivity contribution >= 4 is 6.09 Å². The van der Waals surface area contributed by atoms with E-state index in [-0.39, 0.29) is 12.1 Å². The average Bonchev–Trinajstić information content (AvgIpc) is 2.00. The van der Waals surface area contributed by atoms with Crippen LogP contribution in [0.25, 0.3) is 0 Å². The highest BCUT2D eigenvalue weighted by molar-refractivity contribution is 5.67. The number of ether oxygens (including phenoxy) is 1. The van der Waals surface area contributed by atoms with Crippen molar-refractivity contribution in [1.82, 2.24) is 4.90 Å². The highest BCUT2D eigenvalue weighted by atomic mass is 16.5. The molecule has 12 heavy (non-hydrogen) atoms. The van der Waals surface area contributed by atoms with Crippen LogP contribution in [0.1, 0.15) is 27.2 Å². The molecule has 0 saturated carbocycles. The van der Waals surface area contributed by atoms with Crippen LogP contribution in [-0.2, 0) is 4.74 Å². The zero-order valence-corrected chi connectivity index (χ0v) is 8.63. The van der Waals surface area contributed by atoms with Crippen LogP contribution in [0.3, 0.4) is 0 Å². The van der Waals surface area contributed by atoms with Crippen molar-refractivity contribution in [2.75, 3.05) is 14.2 Å². The fourth-order valence-corrected chi connectivity index (χ4v) is 1.16. The van der Waals surface area contributed by atoms with Crippen molar-refractivity contribution in [3.63, 3.8) is 0 Å². The van der Waals surface area contributed by atoms with Gasteiger partial charge in [-0.2, -0.15) is 0 Å². The molecule has 72 valence electrons. The molecule has 0 aliphatic carbocycles. The van der Waals surface area contributed by atoms with Gasteiger partial charge in [0.05, 0.1) is 7.11 Å². The van der Waals surface area contributed by atoms with Gasteiger partial charge in [0, 0.05) is 13.1 Å². The molecule has 0 aromatic heterocycles. The van der Waals surface area contributed by atoms with Crippen LogP contribution in [0.4, 0.5) is 4.79 Å². The van der Waals surface area contributed by atoms with Crippen LogP contribution in [-0.4, -0.2) is 31.2 Å². The lowest BCUT2D eigenvalue weighted by molar-refractivity contribution is 0.116. The third-order valence-corrected chi connectivity index (χ3v) is 1.94. The Balaban J connectivity index is 3.91. The quantitative estimate of drug-likeness (QED) is 0.654. The fourth-order valence-electron chi connectivity index (χ4n) is 1.16. The largest absolute Gasteiger partial charge is 0.453 e. The number of hydrogen-bond acceptors (Lipinski definition) is 2. The third-order valence-electron chi connectivity index (χ3n) is 1.94. The van der Waals surface area contributed by atoms with Gasteiger partial charge >= 0.3 is 6.09 Å². The van der Waals surface area contributed by atoms with Crippen molar-refractivity contribution in [2.45, 2.75) is 33.2 Å². The summed E-state index contributed by atoms with van der Waals surface area (Å²) in [7, 11) is 3.17. The van der Waals surface area contributed by atoms with Crippen LogP contribution in [0.5, 0.6) is 0 Å². The molecular formula is C9H19NO2. The number of rotatable bonds is 3. The molecule has 1 unspecified atom stereocenters. The van der Waals surface area contributed by atoms with Gasteiger partial charge in [-0.1, -0.05) is 13.8 Å². The lowest BCUT2D eigenvalue weighted by Gasteiger charge is -2.24. The van der Waals surface area contributed by atoms with Gasteiger partial charge in [-0.25, -0.2) is 4.79 Å². The maximum Gasteiger partial charge on any atom is 0.409 e. The van der Waals surface area contributed by atoms with Crippen molar-refractivity contribution in [3.8, 4) is 0 Å². The van der Waals surface area contributed by atoms with Gasteiger partial charge < -0.3 is 9.64 Å². The molecule has 0 saturated heterocycles. The van der Waals surface area contributed by atoms with E-state index in [1.54, 1.807) is 11.9 Å². The SMILES string of the molecule is COC(=O)N(C)C(C)CC(C)C. The second kappa shape index (κ2) is 5.01. The molecule has 0 aromatic rings. The summed E-state index contributed by atoms with van der Waals surface area (Å²) in [5.74, 6) is 0.604. The lowest BCUT2D eigenvalue weighted by Crippen LogP contribution is -2.35. The first-order valence-electron chi connectivity index (χ1n) is 4.29. The molecule has 0 aliphatic rings. The highest BCUT2D eigenvalue weighted by Crippen LogP contribution is 2.09. The van der Waals surface area contributed by atoms with Crippen molar-refractivity contribution in [2.24, 2.45) is 5.92 Å². The lowest BCUT2D eigenvalue weighted by atomic mass is 10.0. The normalized spacial score (nSPS) is 12.8. The van der Waals surface area contributed by atoms with Gasteiger partial charge in [-0.05, 0) is 19.3 Å². The Morgan fingerprint density at radius 3 is 2.25 bits per heavy atom. The number of hydrogen-bond donors (Lipinski definition) is 0. The summed E-state index contributed by atoms with van der Waals surface area (Å²) in [6.45, 7) is 6.31. The molecule has 0 aromatic carbocycles. The Morgan fingerprint density at radius 1 is 1.42 bits per heavy atom. The summed E-state index contributed by atoms with van der Waals surface area (Å²) in [4.78, 5) is 12.7. The Morgan fingerprint density at radius 2 is 1.92 bits per heavy atom. The number of carbonyl (C=O) groups excluding carboxylic acids is 1. The molecule has 0 heterocycles. The molecule has 0 aliphatic heterocycles. The molecule has 0 N–H and O–H groups in total. The summed E-state index contributed by atoms with van der Waals surface area (Å²) in [5, 5.41) is 0. The topological polar surface area (TPSA) is 29.5 Å². The smallest absolute Gasteiger partial charge is 0.409 e. The Bertz CT molecular complexity index is 145. The van der Waals surface area contributed by atoms with Crippen LogP contribution in [0, 0.1) is 5.92 Å². The second-order valence-corrected chi connectivity index (χ2v) is 3.56. The minimum Gasteiger partial charge on any atom is -0.453 e. The zero-order valence-electron chi connectivity index (χ0n) is 8.63. The van der Waals surface area contributed by atoms with E-state index in [0.29, 0.717) is 5.92 Å². The van der Waals surface area contributed by atoms with Crippen LogP contribution in [0.2, 0.25) is 0 Å². The molecule has 0 radical (unpaired) electrons. The summed E-state index contributed by atoms with van der Waals surface area (Å²) in [6.07, 6.45) is 0.745. The minimum absolute atomic E-state index is 0.248. The molecule has 0 rings (SSSR count). The van der Waals surface area contributed by atoms with E-state index in [9.17, 15) is 4.79 Å². The first-order chi connectivity index (χ1) is 5.49. The molecule has 0 fully saturated rings. The van der Waals surface area contributed by atoms with E-state index < -0.39 is 0 Å². The first-order valence-corrected chi connectivity index (χ1v) is 4.29. The number of methoxy groups -OCH3 is 1. The first kappa shape index (κ1) is 11.3. The molecular weight excluding hydrogens is 154 g/mol. The summed E-state index contributed by atoms with van der Waals surface area (Å²) in [6, 6.07) is 0.248. The van der Waals surface area contributed by atoms with Crippen molar-refractivity contribution < 1.29 is 9.53 Å². The molecule has 0 bridgehead atoms. The Labute approximate surface area is 74.7 Å². The predicted molar refractivity (Wildman–Crippen MR) is 49.1 cm³/mol. The second-order valence-electron chi connectivity index (χ2n) is 3.56. The number of nitrogens with zero attached hydrogens (tertiary/aromatic N) is 1. The average molecular weight is 173 g/mol. The summed E-state index contributed by atoms with van der Waals surface area (Å²) in [5.41, 5.74) is 0. The van der Waals surface area contributed by atoms with Crippen molar-refractivity contribution in [1.29, 1.82) is 0 Å². The van der Waals surface area contributed by atoms with Gasteiger partial charge in [0.15, 0.2) is 0 Å². The highest BCUT2D eigenvalue weighted by Gasteiger charge is 2.16. The van der Waals surface area contributed by atoms with Gasteiger partial charge in [0.1, 0.15) is 0 Å². The Hall–Kier alpha value is -0.730. The summed E-state index contributed by atoms with van der Waals surface area (Å²) < 4.78 is 4.60. The minimum atomic E-state index is -0.261. The maximum atomic E-state index is 11.0. The van der Waals surface area contributed by atoms with Crippen LogP contribution < -0.4 is 0 Å². The van der Waals surface area contributed by atoms with Crippen molar-refractivity contribution in [3.05, 3.63) is 0 Å². The zero-order chi connectivity index (χ0) is 9.72. The number of carbonyl (C=O) groups is 1. The van der Waals surface area contributed by atoms with Gasteiger partial charge in [-0.15, -0.1) is 0 Å². The molecule has 3 nitrogen and oxygen atoms in total. The van der Waals surface area contributed by atoms with Gasteiger partial charge in [0.25, 0.3) is 0 Å². The maximum absolute atomic E-state index is 11.0. The van der Waals surface area contributed by atoms with E-state index in [2.05, 4.69) is 18.6 Å². The van der Waals surface area contributed by atoms with E-state index in [0.717, 1.165) is 6.42 Å². The summed E-state index contributed by atoms with van der Waals surface area (Å²) >= 11 is 0. The molecule has 3 heteroatoms. The fraction of sp³-hybridized carbons (Fsp3) is 0.889. The Kier molecular flexibility index (Phi) is 4.71. The molecule has 1 atom stereocenters. The molecule has 0 spiro atoms. The third kappa shape index (κ3) is 3.60. The standard InChI is InChI=1S/C9H19NO2/c1-7(2)6-8(3)10(4)9(11)12-5/h7-8H,6H2,1-5H3. The predicted octanol–water partition coefficient (Wildman–Crippen LogP) is 2.12. The van der Waals surface area contributed by atoms with Gasteiger partial charge in [-0.3, -0.25) is 0 Å².